The van der Waals surface area contributed by atoms with Crippen LogP contribution in [0.2, 0.25) is 0 Å². The van der Waals surface area contributed by atoms with Gasteiger partial charge in [0.05, 0.1) is 12.0 Å². The number of rotatable bonds is 1. The molecule has 0 unspecified atom stereocenters. The number of nitrogens with zero attached hydrogens (tertiary/aromatic N) is 5. The van der Waals surface area contributed by atoms with E-state index in [1.807, 2.05) is 25.7 Å². The summed E-state index contributed by atoms with van der Waals surface area (Å²) in [4.78, 5) is 32.6. The van der Waals surface area contributed by atoms with E-state index in [-0.39, 0.29) is 29.5 Å². The Hall–Kier alpha value is -3.15. The first-order valence-electron chi connectivity index (χ1n) is 9.98. The molecule has 2 amide bonds. The zero-order valence-corrected chi connectivity index (χ0v) is 17.3. The second kappa shape index (κ2) is 7.59. The molecule has 158 valence electrons. The first-order chi connectivity index (χ1) is 14.2. The van der Waals surface area contributed by atoms with Gasteiger partial charge in [-0.05, 0) is 33.3 Å². The number of amides is 2. The minimum atomic E-state index is -0.555. The third kappa shape index (κ3) is 3.95. The van der Waals surface area contributed by atoms with E-state index in [0.717, 1.165) is 0 Å². The van der Waals surface area contributed by atoms with E-state index < -0.39 is 11.4 Å². The molecule has 2 aliphatic rings. The van der Waals surface area contributed by atoms with Crippen molar-refractivity contribution in [2.24, 2.45) is 5.92 Å². The summed E-state index contributed by atoms with van der Waals surface area (Å²) in [6.45, 7) is 6.89. The van der Waals surface area contributed by atoms with Gasteiger partial charge in [0.1, 0.15) is 23.3 Å². The summed E-state index contributed by atoms with van der Waals surface area (Å²) in [6, 6.07) is 1.25. The zero-order valence-electron chi connectivity index (χ0n) is 17.3. The molecule has 30 heavy (non-hydrogen) atoms. The van der Waals surface area contributed by atoms with Crippen LogP contribution in [0.15, 0.2) is 18.6 Å². The van der Waals surface area contributed by atoms with Gasteiger partial charge in [-0.2, -0.15) is 5.10 Å². The minimum Gasteiger partial charge on any atom is -0.444 e. The molecule has 8 nitrogen and oxygen atoms in total. The fraction of sp³-hybridized carbons (Fsp3) is 0.524. The lowest BCUT2D eigenvalue weighted by molar-refractivity contribution is -0.133. The highest BCUT2D eigenvalue weighted by Gasteiger charge is 2.43. The van der Waals surface area contributed by atoms with Crippen LogP contribution >= 0.6 is 0 Å². The van der Waals surface area contributed by atoms with E-state index in [2.05, 4.69) is 21.9 Å². The molecule has 2 atom stereocenters. The van der Waals surface area contributed by atoms with Crippen molar-refractivity contribution in [1.29, 1.82) is 0 Å². The van der Waals surface area contributed by atoms with Gasteiger partial charge >= 0.3 is 6.09 Å². The van der Waals surface area contributed by atoms with Gasteiger partial charge in [-0.3, -0.25) is 4.79 Å². The highest BCUT2D eigenvalue weighted by molar-refractivity contribution is 5.82. The maximum atomic E-state index is 14.1. The predicted molar refractivity (Wildman–Crippen MR) is 106 cm³/mol. The maximum absolute atomic E-state index is 14.1. The van der Waals surface area contributed by atoms with Gasteiger partial charge in [-0.15, -0.1) is 0 Å². The highest BCUT2D eigenvalue weighted by Crippen LogP contribution is 2.30. The summed E-state index contributed by atoms with van der Waals surface area (Å²) in [5, 5.41) is 3.98. The lowest BCUT2D eigenvalue weighted by Crippen LogP contribution is -2.54. The van der Waals surface area contributed by atoms with Crippen molar-refractivity contribution in [1.82, 2.24) is 24.4 Å². The SMILES string of the molecule is CC(C)(C)OC(=O)N1CCN2C(=O)[C@@H](CC#Cc3c(F)ccn4ncnc34)C[C@H]2C1. The molecule has 4 rings (SSSR count). The molecule has 2 aromatic rings. The Morgan fingerprint density at radius 1 is 1.37 bits per heavy atom. The zero-order chi connectivity index (χ0) is 21.5. The number of ether oxygens (including phenoxy) is 1. The van der Waals surface area contributed by atoms with E-state index in [0.29, 0.717) is 38.1 Å². The first kappa shape index (κ1) is 20.1. The monoisotopic (exact) mass is 413 g/mol. The lowest BCUT2D eigenvalue weighted by Gasteiger charge is -2.38. The van der Waals surface area contributed by atoms with Crippen molar-refractivity contribution in [2.75, 3.05) is 19.6 Å². The second-order valence-electron chi connectivity index (χ2n) is 8.62. The standard InChI is InChI=1S/C21H24FN5O3/c1-21(2,3)30-20(29)25-9-10-26-15(12-25)11-14(19(26)28)5-4-6-16-17(22)7-8-27-18(16)23-13-24-27/h7-8,13-15H,5,9-12H2,1-3H3/t14-,15-/m0/s1. The van der Waals surface area contributed by atoms with E-state index in [1.54, 1.807) is 4.90 Å². The molecule has 0 radical (unpaired) electrons. The van der Waals surface area contributed by atoms with Gasteiger partial charge in [-0.1, -0.05) is 11.8 Å². The molecule has 0 aromatic carbocycles. The van der Waals surface area contributed by atoms with Crippen LogP contribution in [0.3, 0.4) is 0 Å². The van der Waals surface area contributed by atoms with Crippen LogP contribution < -0.4 is 0 Å². The molecule has 0 saturated carbocycles. The summed E-state index contributed by atoms with van der Waals surface area (Å²) in [7, 11) is 0. The van der Waals surface area contributed by atoms with Crippen LogP contribution in [0.4, 0.5) is 9.18 Å². The largest absolute Gasteiger partial charge is 0.444 e. The number of pyridine rings is 1. The third-order valence-corrected chi connectivity index (χ3v) is 5.28. The average Bonchev–Trinajstić information content (AvgIpc) is 3.27. The van der Waals surface area contributed by atoms with Crippen molar-refractivity contribution < 1.29 is 18.7 Å². The average molecular weight is 413 g/mol. The molecule has 2 aromatic heterocycles. The molecule has 9 heteroatoms. The number of fused-ring (bicyclic) bond motifs is 2. The number of carbonyl (C=O) groups is 2. The van der Waals surface area contributed by atoms with E-state index in [4.69, 9.17) is 4.74 Å². The predicted octanol–water partition coefficient (Wildman–Crippen LogP) is 2.08. The number of hydrogen-bond acceptors (Lipinski definition) is 5. The Kier molecular flexibility index (Phi) is 5.10. The summed E-state index contributed by atoms with van der Waals surface area (Å²) in [5.41, 5.74) is -0.0275. The fourth-order valence-corrected chi connectivity index (χ4v) is 3.92. The Balaban J connectivity index is 1.42. The molecule has 0 spiro atoms. The van der Waals surface area contributed by atoms with E-state index in [1.165, 1.54) is 23.1 Å². The van der Waals surface area contributed by atoms with Crippen molar-refractivity contribution in [2.45, 2.75) is 45.3 Å². The topological polar surface area (TPSA) is 80.0 Å². The van der Waals surface area contributed by atoms with Gasteiger partial charge < -0.3 is 14.5 Å². The van der Waals surface area contributed by atoms with E-state index >= 15 is 0 Å². The van der Waals surface area contributed by atoms with Crippen LogP contribution in [-0.4, -0.2) is 67.7 Å². The Bertz CT molecular complexity index is 1050. The molecule has 0 bridgehead atoms. The molecule has 2 saturated heterocycles. The second-order valence-corrected chi connectivity index (χ2v) is 8.62. The number of hydrogen-bond donors (Lipinski definition) is 0. The maximum Gasteiger partial charge on any atom is 0.410 e. The molecule has 0 N–H and O–H groups in total. The first-order valence-corrected chi connectivity index (χ1v) is 9.98. The van der Waals surface area contributed by atoms with Crippen LogP contribution in [0, 0.1) is 23.6 Å². The quantitative estimate of drug-likeness (QED) is 0.669. The van der Waals surface area contributed by atoms with Crippen LogP contribution in [0.1, 0.15) is 39.2 Å². The van der Waals surface area contributed by atoms with Crippen molar-refractivity contribution in [3.05, 3.63) is 30.0 Å². The van der Waals surface area contributed by atoms with Crippen LogP contribution in [0.5, 0.6) is 0 Å². The van der Waals surface area contributed by atoms with Crippen LogP contribution in [-0.2, 0) is 9.53 Å². The van der Waals surface area contributed by atoms with Crippen molar-refractivity contribution in [3.63, 3.8) is 0 Å². The highest BCUT2D eigenvalue weighted by atomic mass is 19.1. The van der Waals surface area contributed by atoms with Gasteiger partial charge in [0.25, 0.3) is 0 Å². The number of carbonyl (C=O) groups excluding carboxylic acids is 2. The minimum absolute atomic E-state index is 0.0396. The van der Waals surface area contributed by atoms with Gasteiger partial charge in [0.15, 0.2) is 5.65 Å². The number of aromatic nitrogens is 3. The van der Waals surface area contributed by atoms with Crippen molar-refractivity contribution >= 4 is 17.6 Å². The van der Waals surface area contributed by atoms with Crippen LogP contribution in [0.25, 0.3) is 5.65 Å². The molecule has 4 heterocycles. The Labute approximate surface area is 174 Å². The molecule has 2 aliphatic heterocycles. The number of halogens is 1. The van der Waals surface area contributed by atoms with Crippen molar-refractivity contribution in [3.8, 4) is 11.8 Å². The third-order valence-electron chi connectivity index (χ3n) is 5.28. The van der Waals surface area contributed by atoms with Gasteiger partial charge in [-0.25, -0.2) is 18.7 Å². The summed E-state index contributed by atoms with van der Waals surface area (Å²) in [6.07, 6.45) is 3.42. The lowest BCUT2D eigenvalue weighted by atomic mass is 10.0. The molecule has 2 fully saturated rings. The molecule has 0 aliphatic carbocycles. The Morgan fingerprint density at radius 3 is 2.93 bits per heavy atom. The molecular formula is C21H24FN5O3. The normalized spacial score (nSPS) is 21.4. The summed E-state index contributed by atoms with van der Waals surface area (Å²) >= 11 is 0. The molecular weight excluding hydrogens is 389 g/mol. The fourth-order valence-electron chi connectivity index (χ4n) is 3.92. The van der Waals surface area contributed by atoms with E-state index in [9.17, 15) is 14.0 Å². The van der Waals surface area contributed by atoms with Gasteiger partial charge in [0.2, 0.25) is 5.91 Å². The number of piperazine rings is 1. The van der Waals surface area contributed by atoms with Gasteiger partial charge in [0, 0.05) is 32.3 Å². The Morgan fingerprint density at radius 2 is 2.17 bits per heavy atom. The summed E-state index contributed by atoms with van der Waals surface area (Å²) < 4.78 is 21.0. The smallest absolute Gasteiger partial charge is 0.410 e. The summed E-state index contributed by atoms with van der Waals surface area (Å²) in [5.74, 6) is 5.08.